The van der Waals surface area contributed by atoms with Gasteiger partial charge in [0.1, 0.15) is 5.82 Å². The summed E-state index contributed by atoms with van der Waals surface area (Å²) in [6, 6.07) is 14.4. The minimum Gasteiger partial charge on any atom is -0.375 e. The van der Waals surface area contributed by atoms with Crippen LogP contribution in [0.3, 0.4) is 0 Å². The summed E-state index contributed by atoms with van der Waals surface area (Å²) < 4.78 is 0. The number of pyridine rings is 1. The maximum absolute atomic E-state index is 12.4. The molecule has 1 fully saturated rings. The monoisotopic (exact) mass is 392 g/mol. The van der Waals surface area contributed by atoms with Gasteiger partial charge in [-0.1, -0.05) is 47.7 Å². The third-order valence-electron chi connectivity index (χ3n) is 5.46. The van der Waals surface area contributed by atoms with Gasteiger partial charge in [0.15, 0.2) is 5.13 Å². The summed E-state index contributed by atoms with van der Waals surface area (Å²) in [4.78, 5) is 23.8. The van der Waals surface area contributed by atoms with Gasteiger partial charge in [0.05, 0.1) is 10.3 Å². The highest BCUT2D eigenvalue weighted by atomic mass is 32.1. The van der Waals surface area contributed by atoms with Crippen LogP contribution >= 0.6 is 11.3 Å². The SMILES string of the molecule is CC1(C)C(=O)N(C2CCC2)c2ncccc21.Nc1ncc(-c2ccccc2)s1. The molecular formula is C22H24N4OS. The van der Waals surface area contributed by atoms with Crippen LogP contribution in [0.4, 0.5) is 10.9 Å². The fourth-order valence-corrected chi connectivity index (χ4v) is 4.29. The second kappa shape index (κ2) is 7.36. The Morgan fingerprint density at radius 1 is 1.11 bits per heavy atom. The molecule has 5 rings (SSSR count). The van der Waals surface area contributed by atoms with Gasteiger partial charge in [-0.3, -0.25) is 9.69 Å². The van der Waals surface area contributed by atoms with Crippen LogP contribution in [0.1, 0.15) is 38.7 Å². The molecule has 2 aromatic heterocycles. The molecule has 0 spiro atoms. The molecule has 0 atom stereocenters. The lowest BCUT2D eigenvalue weighted by Gasteiger charge is -2.35. The first-order chi connectivity index (χ1) is 13.5. The number of hydrogen-bond acceptors (Lipinski definition) is 5. The summed E-state index contributed by atoms with van der Waals surface area (Å²) in [7, 11) is 0. The van der Waals surface area contributed by atoms with Crippen LogP contribution in [-0.4, -0.2) is 21.9 Å². The number of carbonyl (C=O) groups is 1. The second-order valence-electron chi connectivity index (χ2n) is 7.69. The molecule has 144 valence electrons. The van der Waals surface area contributed by atoms with Crippen molar-refractivity contribution in [3.05, 3.63) is 60.4 Å². The number of nitrogens with zero attached hydrogens (tertiary/aromatic N) is 3. The van der Waals surface area contributed by atoms with Crippen LogP contribution in [0.15, 0.2) is 54.9 Å². The maximum Gasteiger partial charge on any atom is 0.238 e. The van der Waals surface area contributed by atoms with Gasteiger partial charge in [-0.15, -0.1) is 0 Å². The third kappa shape index (κ3) is 3.29. The first kappa shape index (κ1) is 18.6. The van der Waals surface area contributed by atoms with Gasteiger partial charge in [-0.2, -0.15) is 0 Å². The Morgan fingerprint density at radius 2 is 1.86 bits per heavy atom. The summed E-state index contributed by atoms with van der Waals surface area (Å²) in [5.74, 6) is 1.10. The molecule has 3 heterocycles. The Labute approximate surface area is 169 Å². The van der Waals surface area contributed by atoms with E-state index in [0.717, 1.165) is 29.1 Å². The van der Waals surface area contributed by atoms with Crippen LogP contribution in [0, 0.1) is 0 Å². The molecule has 6 heteroatoms. The van der Waals surface area contributed by atoms with Crippen molar-refractivity contribution < 1.29 is 4.79 Å². The fraction of sp³-hybridized carbons (Fsp3) is 0.318. The number of anilines is 2. The normalized spacial score (nSPS) is 17.5. The Hall–Kier alpha value is -2.73. The number of fused-ring (bicyclic) bond motifs is 1. The van der Waals surface area contributed by atoms with Crippen molar-refractivity contribution in [3.8, 4) is 10.4 Å². The van der Waals surface area contributed by atoms with E-state index in [2.05, 4.69) is 9.97 Å². The van der Waals surface area contributed by atoms with Gasteiger partial charge < -0.3 is 5.73 Å². The molecule has 3 aromatic rings. The van der Waals surface area contributed by atoms with E-state index in [1.165, 1.54) is 23.3 Å². The van der Waals surface area contributed by atoms with E-state index in [1.807, 2.05) is 61.2 Å². The van der Waals surface area contributed by atoms with Gasteiger partial charge in [0.2, 0.25) is 5.91 Å². The largest absolute Gasteiger partial charge is 0.375 e. The Kier molecular flexibility index (Phi) is 4.89. The summed E-state index contributed by atoms with van der Waals surface area (Å²) in [6.45, 7) is 3.99. The first-order valence-electron chi connectivity index (χ1n) is 9.54. The van der Waals surface area contributed by atoms with Crippen LogP contribution < -0.4 is 10.6 Å². The number of hydrogen-bond donors (Lipinski definition) is 1. The standard InChI is InChI=1S/C13H16N2O.C9H8N2S/c1-13(2)10-7-4-8-14-11(10)15(12(13)16)9-5-3-6-9;10-9-11-6-8(12-9)7-4-2-1-3-5-7/h4,7-9H,3,5-6H2,1-2H3;1-6H,(H2,10,11). The van der Waals surface area contributed by atoms with Crippen molar-refractivity contribution in [1.82, 2.24) is 9.97 Å². The highest BCUT2D eigenvalue weighted by molar-refractivity contribution is 7.18. The van der Waals surface area contributed by atoms with Crippen molar-refractivity contribution in [3.63, 3.8) is 0 Å². The predicted molar refractivity (Wildman–Crippen MR) is 114 cm³/mol. The van der Waals surface area contributed by atoms with E-state index >= 15 is 0 Å². The Morgan fingerprint density at radius 3 is 2.46 bits per heavy atom. The van der Waals surface area contributed by atoms with Crippen LogP contribution in [-0.2, 0) is 10.2 Å². The Balaban J connectivity index is 0.000000143. The lowest BCUT2D eigenvalue weighted by molar-refractivity contribution is -0.122. The van der Waals surface area contributed by atoms with Crippen molar-refractivity contribution >= 4 is 28.2 Å². The predicted octanol–water partition coefficient (Wildman–Crippen LogP) is 4.65. The number of aromatic nitrogens is 2. The number of nitrogens with two attached hydrogens (primary N) is 1. The zero-order chi connectivity index (χ0) is 19.7. The maximum atomic E-state index is 12.4. The first-order valence-corrected chi connectivity index (χ1v) is 10.4. The highest BCUT2D eigenvalue weighted by Gasteiger charge is 2.48. The van der Waals surface area contributed by atoms with E-state index in [1.54, 1.807) is 12.4 Å². The minimum atomic E-state index is -0.404. The zero-order valence-corrected chi connectivity index (χ0v) is 16.9. The van der Waals surface area contributed by atoms with E-state index < -0.39 is 5.41 Å². The molecule has 0 radical (unpaired) electrons. The molecule has 1 aliphatic carbocycles. The fourth-order valence-electron chi connectivity index (χ4n) is 3.60. The molecule has 1 aromatic carbocycles. The summed E-state index contributed by atoms with van der Waals surface area (Å²) in [6.07, 6.45) is 7.06. The molecule has 5 nitrogen and oxygen atoms in total. The minimum absolute atomic E-state index is 0.214. The number of thiazole rings is 1. The van der Waals surface area contributed by atoms with E-state index in [0.29, 0.717) is 11.2 Å². The molecule has 1 saturated carbocycles. The van der Waals surface area contributed by atoms with Crippen molar-refractivity contribution in [2.75, 3.05) is 10.6 Å². The lowest BCUT2D eigenvalue weighted by atomic mass is 9.86. The molecular weight excluding hydrogens is 368 g/mol. The van der Waals surface area contributed by atoms with Gasteiger partial charge in [-0.05, 0) is 44.7 Å². The number of rotatable bonds is 2. The average molecular weight is 393 g/mol. The smallest absolute Gasteiger partial charge is 0.238 e. The van der Waals surface area contributed by atoms with Gasteiger partial charge in [0.25, 0.3) is 0 Å². The number of carbonyl (C=O) groups excluding carboxylic acids is 1. The Bertz CT molecular complexity index is 979. The molecule has 1 amide bonds. The molecule has 0 unspecified atom stereocenters. The van der Waals surface area contributed by atoms with Gasteiger partial charge >= 0.3 is 0 Å². The van der Waals surface area contributed by atoms with E-state index in [-0.39, 0.29) is 5.91 Å². The highest BCUT2D eigenvalue weighted by Crippen LogP contribution is 2.43. The van der Waals surface area contributed by atoms with Crippen LogP contribution in [0.25, 0.3) is 10.4 Å². The number of benzene rings is 1. The average Bonchev–Trinajstić information content (AvgIpc) is 3.18. The van der Waals surface area contributed by atoms with Crippen LogP contribution in [0.5, 0.6) is 0 Å². The number of nitrogen functional groups attached to an aromatic ring is 1. The summed E-state index contributed by atoms with van der Waals surface area (Å²) in [5, 5.41) is 0.619. The molecule has 0 saturated heterocycles. The molecule has 1 aliphatic heterocycles. The summed E-state index contributed by atoms with van der Waals surface area (Å²) >= 11 is 1.51. The van der Waals surface area contributed by atoms with Gasteiger partial charge in [-0.25, -0.2) is 9.97 Å². The summed E-state index contributed by atoms with van der Waals surface area (Å²) in [5.41, 5.74) is 7.37. The van der Waals surface area contributed by atoms with Crippen LogP contribution in [0.2, 0.25) is 0 Å². The molecule has 0 bridgehead atoms. The van der Waals surface area contributed by atoms with Crippen molar-refractivity contribution in [2.24, 2.45) is 0 Å². The topological polar surface area (TPSA) is 72.1 Å². The lowest BCUT2D eigenvalue weighted by Crippen LogP contribution is -2.46. The van der Waals surface area contributed by atoms with E-state index in [9.17, 15) is 4.79 Å². The molecule has 2 N–H and O–H groups in total. The van der Waals surface area contributed by atoms with Crippen molar-refractivity contribution in [1.29, 1.82) is 0 Å². The van der Waals surface area contributed by atoms with E-state index in [4.69, 9.17) is 5.73 Å². The number of amides is 1. The third-order valence-corrected chi connectivity index (χ3v) is 6.34. The van der Waals surface area contributed by atoms with Crippen molar-refractivity contribution in [2.45, 2.75) is 44.6 Å². The second-order valence-corrected chi connectivity index (χ2v) is 8.75. The molecule has 2 aliphatic rings. The zero-order valence-electron chi connectivity index (χ0n) is 16.1. The molecule has 28 heavy (non-hydrogen) atoms. The van der Waals surface area contributed by atoms with Gasteiger partial charge in [0, 0.05) is 24.0 Å². The quantitative estimate of drug-likeness (QED) is 0.689.